The van der Waals surface area contributed by atoms with Crippen molar-refractivity contribution in [3.05, 3.63) is 84.0 Å². The van der Waals surface area contributed by atoms with Crippen molar-refractivity contribution in [1.29, 1.82) is 0 Å². The van der Waals surface area contributed by atoms with Gasteiger partial charge in [-0.15, -0.1) is 13.2 Å². The number of benzene rings is 1. The average molecular weight is 452 g/mol. The smallest absolute Gasteiger partial charge is 0.461 e. The van der Waals surface area contributed by atoms with Gasteiger partial charge in [0, 0.05) is 49.6 Å². The van der Waals surface area contributed by atoms with Gasteiger partial charge in [-0.2, -0.15) is 0 Å². The Morgan fingerprint density at radius 1 is 1.03 bits per heavy atom. The first-order valence-corrected chi connectivity index (χ1v) is 10.3. The number of halogens is 3. The second-order valence-electron chi connectivity index (χ2n) is 7.73. The number of hydrogen-bond acceptors (Lipinski definition) is 6. The molecule has 4 heterocycles. The number of pyridine rings is 1. The summed E-state index contributed by atoms with van der Waals surface area (Å²) in [6, 6.07) is 13.2. The maximum atomic E-state index is 12.5. The zero-order chi connectivity index (χ0) is 22.8. The van der Waals surface area contributed by atoms with Crippen molar-refractivity contribution >= 4 is 0 Å². The molecule has 0 spiro atoms. The van der Waals surface area contributed by atoms with Crippen molar-refractivity contribution in [1.82, 2.24) is 19.9 Å². The van der Waals surface area contributed by atoms with Gasteiger partial charge in [-0.25, -0.2) is 9.97 Å². The summed E-state index contributed by atoms with van der Waals surface area (Å²) in [7, 11) is 0. The van der Waals surface area contributed by atoms with Crippen molar-refractivity contribution in [2.45, 2.75) is 25.9 Å². The van der Waals surface area contributed by atoms with E-state index in [1.165, 1.54) is 18.2 Å². The van der Waals surface area contributed by atoms with Gasteiger partial charge < -0.3 is 9.15 Å². The molecule has 0 bridgehead atoms. The van der Waals surface area contributed by atoms with E-state index in [0.29, 0.717) is 29.4 Å². The van der Waals surface area contributed by atoms with Crippen LogP contribution in [-0.2, 0) is 19.5 Å². The fourth-order valence-corrected chi connectivity index (χ4v) is 3.83. The normalized spacial score (nSPS) is 14.2. The summed E-state index contributed by atoms with van der Waals surface area (Å²) in [6.07, 6.45) is 1.28. The van der Waals surface area contributed by atoms with Crippen LogP contribution in [0.5, 0.6) is 5.75 Å². The Balaban J connectivity index is 1.25. The van der Waals surface area contributed by atoms with E-state index in [2.05, 4.69) is 24.6 Å². The van der Waals surface area contributed by atoms with Crippen LogP contribution in [0.15, 0.2) is 71.6 Å². The molecule has 0 saturated carbocycles. The Hall–Kier alpha value is -3.72. The third-order valence-electron chi connectivity index (χ3n) is 5.35. The Labute approximate surface area is 187 Å². The van der Waals surface area contributed by atoms with Crippen molar-refractivity contribution in [3.63, 3.8) is 0 Å². The molecule has 4 aromatic rings. The van der Waals surface area contributed by atoms with Crippen molar-refractivity contribution < 1.29 is 22.3 Å². The highest BCUT2D eigenvalue weighted by molar-refractivity contribution is 5.61. The van der Waals surface area contributed by atoms with Crippen LogP contribution < -0.4 is 4.74 Å². The third-order valence-corrected chi connectivity index (χ3v) is 5.35. The summed E-state index contributed by atoms with van der Waals surface area (Å²) < 4.78 is 46.8. The predicted octanol–water partition coefficient (Wildman–Crippen LogP) is 5.26. The summed E-state index contributed by atoms with van der Waals surface area (Å²) in [5.41, 5.74) is 4.26. The van der Waals surface area contributed by atoms with Crippen molar-refractivity contribution in [2.24, 2.45) is 0 Å². The summed E-state index contributed by atoms with van der Waals surface area (Å²) >= 11 is 0. The average Bonchev–Trinajstić information content (AvgIpc) is 3.33. The lowest BCUT2D eigenvalue weighted by Gasteiger charge is -2.27. The van der Waals surface area contributed by atoms with E-state index in [1.807, 2.05) is 24.4 Å². The molecule has 9 heteroatoms. The third kappa shape index (κ3) is 5.04. The topological polar surface area (TPSA) is 64.3 Å². The molecule has 0 aliphatic carbocycles. The molecule has 0 radical (unpaired) electrons. The van der Waals surface area contributed by atoms with E-state index in [1.54, 1.807) is 24.6 Å². The quantitative estimate of drug-likeness (QED) is 0.412. The van der Waals surface area contributed by atoms with Gasteiger partial charge in [0.15, 0.2) is 11.6 Å². The van der Waals surface area contributed by atoms with Gasteiger partial charge in [-0.3, -0.25) is 9.88 Å². The van der Waals surface area contributed by atoms with Crippen LogP contribution in [-0.4, -0.2) is 32.8 Å². The molecule has 1 aliphatic rings. The van der Waals surface area contributed by atoms with Gasteiger partial charge in [0.1, 0.15) is 5.75 Å². The molecule has 0 amide bonds. The minimum atomic E-state index is -4.73. The largest absolute Gasteiger partial charge is 0.573 e. The maximum Gasteiger partial charge on any atom is 0.573 e. The van der Waals surface area contributed by atoms with Gasteiger partial charge in [-0.05, 0) is 35.9 Å². The van der Waals surface area contributed by atoms with Gasteiger partial charge in [0.25, 0.3) is 0 Å². The molecule has 0 fully saturated rings. The molecular weight excluding hydrogens is 433 g/mol. The summed E-state index contributed by atoms with van der Waals surface area (Å²) in [4.78, 5) is 15.8. The lowest BCUT2D eigenvalue weighted by atomic mass is 10.1. The molecule has 5 rings (SSSR count). The van der Waals surface area contributed by atoms with E-state index in [9.17, 15) is 13.2 Å². The zero-order valence-electron chi connectivity index (χ0n) is 17.4. The number of ether oxygens (including phenoxy) is 1. The highest BCUT2D eigenvalue weighted by Crippen LogP contribution is 2.28. The van der Waals surface area contributed by atoms with Crippen molar-refractivity contribution in [2.75, 3.05) is 6.54 Å². The van der Waals surface area contributed by atoms with Gasteiger partial charge in [0.05, 0.1) is 17.7 Å². The van der Waals surface area contributed by atoms with E-state index >= 15 is 0 Å². The molecule has 3 aromatic heterocycles. The van der Waals surface area contributed by atoms with Gasteiger partial charge in [-0.1, -0.05) is 18.2 Å². The second-order valence-corrected chi connectivity index (χ2v) is 7.73. The molecule has 168 valence electrons. The Morgan fingerprint density at radius 3 is 2.70 bits per heavy atom. The van der Waals surface area contributed by atoms with Crippen LogP contribution in [0, 0.1) is 0 Å². The molecular formula is C24H19F3N4O2. The predicted molar refractivity (Wildman–Crippen MR) is 114 cm³/mol. The van der Waals surface area contributed by atoms with Gasteiger partial charge >= 0.3 is 6.36 Å². The van der Waals surface area contributed by atoms with Gasteiger partial charge in [0.2, 0.25) is 0 Å². The summed E-state index contributed by atoms with van der Waals surface area (Å²) in [6.45, 7) is 2.27. The maximum absolute atomic E-state index is 12.5. The molecule has 0 N–H and O–H groups in total. The van der Waals surface area contributed by atoms with E-state index in [0.717, 1.165) is 36.3 Å². The molecule has 6 nitrogen and oxygen atoms in total. The molecule has 33 heavy (non-hydrogen) atoms. The highest BCUT2D eigenvalue weighted by Gasteiger charge is 2.31. The first-order valence-electron chi connectivity index (χ1n) is 10.3. The molecule has 0 unspecified atom stereocenters. The van der Waals surface area contributed by atoms with Crippen LogP contribution in [0.25, 0.3) is 22.8 Å². The molecule has 1 aliphatic heterocycles. The molecule has 0 saturated heterocycles. The van der Waals surface area contributed by atoms with Crippen molar-refractivity contribution in [3.8, 4) is 28.6 Å². The monoisotopic (exact) mass is 452 g/mol. The number of fused-ring (bicyclic) bond motifs is 1. The number of rotatable bonds is 5. The first-order chi connectivity index (χ1) is 15.9. The van der Waals surface area contributed by atoms with Crippen LogP contribution in [0.4, 0.5) is 13.2 Å². The number of furan rings is 1. The van der Waals surface area contributed by atoms with E-state index in [4.69, 9.17) is 4.42 Å². The van der Waals surface area contributed by atoms with E-state index in [-0.39, 0.29) is 5.75 Å². The summed E-state index contributed by atoms with van der Waals surface area (Å²) in [5, 5.41) is 0. The van der Waals surface area contributed by atoms with Crippen LogP contribution in [0.3, 0.4) is 0 Å². The van der Waals surface area contributed by atoms with Crippen LogP contribution in [0.2, 0.25) is 0 Å². The lowest BCUT2D eigenvalue weighted by Crippen LogP contribution is -2.31. The minimum Gasteiger partial charge on any atom is -0.461 e. The van der Waals surface area contributed by atoms with Crippen LogP contribution >= 0.6 is 0 Å². The van der Waals surface area contributed by atoms with E-state index < -0.39 is 6.36 Å². The fourth-order valence-electron chi connectivity index (χ4n) is 3.83. The number of alkyl halides is 3. The highest BCUT2D eigenvalue weighted by atomic mass is 19.4. The number of hydrogen-bond donors (Lipinski definition) is 0. The standard InChI is InChI=1S/C24H19F3N4O2/c25-24(26,27)33-19-4-1-3-17(11-19)20-7-6-16(12-28-20)14-31-9-8-21-18(15-31)13-29-23(30-21)22-5-2-10-32-22/h1-7,10-13H,8-9,14-15H2. The SMILES string of the molecule is FC(F)(F)Oc1cccc(-c2ccc(CN3CCc4nc(-c5ccco5)ncc4C3)cn2)c1. The summed E-state index contributed by atoms with van der Waals surface area (Å²) in [5.74, 6) is 0.980. The Morgan fingerprint density at radius 2 is 1.94 bits per heavy atom. The first kappa shape index (κ1) is 21.1. The van der Waals surface area contributed by atoms with Crippen LogP contribution in [0.1, 0.15) is 16.8 Å². The second kappa shape index (κ2) is 8.67. The lowest BCUT2D eigenvalue weighted by molar-refractivity contribution is -0.274. The molecule has 0 atom stereocenters. The molecule has 1 aromatic carbocycles. The number of nitrogens with zero attached hydrogens (tertiary/aromatic N) is 4. The fraction of sp³-hybridized carbons (Fsp3) is 0.208. The Kier molecular flexibility index (Phi) is 5.55. The number of aromatic nitrogens is 3. The zero-order valence-corrected chi connectivity index (χ0v) is 17.4. The Bertz CT molecular complexity index is 1240. The minimum absolute atomic E-state index is 0.268.